The first-order valence-electron chi connectivity index (χ1n) is 12.6. The van der Waals surface area contributed by atoms with Crippen LogP contribution in [0.4, 0.5) is 0 Å². The van der Waals surface area contributed by atoms with E-state index in [-0.39, 0.29) is 0 Å². The topological polar surface area (TPSA) is 3.24 Å². The van der Waals surface area contributed by atoms with Gasteiger partial charge in [0.15, 0.2) is 0 Å². The van der Waals surface area contributed by atoms with Crippen LogP contribution >= 0.6 is 0 Å². The summed E-state index contributed by atoms with van der Waals surface area (Å²) in [6, 6.07) is 10.2. The number of rotatable bonds is 5. The molecule has 0 aromatic heterocycles. The molecule has 29 heavy (non-hydrogen) atoms. The lowest BCUT2D eigenvalue weighted by Crippen LogP contribution is -2.43. The molecule has 1 nitrogen and oxygen atoms in total. The van der Waals surface area contributed by atoms with Gasteiger partial charge < -0.3 is 0 Å². The third-order valence-electron chi connectivity index (χ3n) is 8.64. The molecule has 0 spiro atoms. The van der Waals surface area contributed by atoms with Crippen molar-refractivity contribution in [3.05, 3.63) is 35.4 Å². The highest BCUT2D eigenvalue weighted by atomic mass is 15.1. The summed E-state index contributed by atoms with van der Waals surface area (Å²) in [5.41, 5.74) is 2.82. The van der Waals surface area contributed by atoms with Crippen molar-refractivity contribution < 1.29 is 0 Å². The fraction of sp³-hybridized carbons (Fsp3) is 0.714. The summed E-state index contributed by atoms with van der Waals surface area (Å²) in [6.45, 7) is 4.44. The van der Waals surface area contributed by atoms with Crippen LogP contribution in [0.1, 0.15) is 94.6 Å². The predicted molar refractivity (Wildman–Crippen MR) is 122 cm³/mol. The molecule has 0 aliphatic heterocycles. The molecule has 0 amide bonds. The SMILES string of the molecule is CCCN(CC#Cc1ccc(C2C3CC4CC(C3)CC2C4)cc1)C1CCCCC1. The third-order valence-corrected chi connectivity index (χ3v) is 8.64. The van der Waals surface area contributed by atoms with Crippen LogP contribution in [0, 0.1) is 35.5 Å². The lowest BCUT2D eigenvalue weighted by atomic mass is 9.51. The highest BCUT2D eigenvalue weighted by Crippen LogP contribution is 2.59. The predicted octanol–water partition coefficient (Wildman–Crippen LogP) is 6.62. The average Bonchev–Trinajstić information content (AvgIpc) is 2.74. The van der Waals surface area contributed by atoms with E-state index in [1.165, 1.54) is 76.3 Å². The van der Waals surface area contributed by atoms with Gasteiger partial charge in [0.05, 0.1) is 6.54 Å². The van der Waals surface area contributed by atoms with Crippen LogP contribution in [0.25, 0.3) is 0 Å². The van der Waals surface area contributed by atoms with Crippen LogP contribution in [0.5, 0.6) is 0 Å². The Labute approximate surface area is 178 Å². The highest BCUT2D eigenvalue weighted by Gasteiger charge is 2.48. The molecule has 5 fully saturated rings. The molecule has 4 bridgehead atoms. The third kappa shape index (κ3) is 4.29. The number of benzene rings is 1. The van der Waals surface area contributed by atoms with Crippen molar-refractivity contribution >= 4 is 0 Å². The Balaban J connectivity index is 1.22. The lowest BCUT2D eigenvalue weighted by molar-refractivity contribution is -0.00277. The zero-order chi connectivity index (χ0) is 19.6. The Kier molecular flexibility index (Phi) is 6.01. The fourth-order valence-corrected chi connectivity index (χ4v) is 7.63. The van der Waals surface area contributed by atoms with Gasteiger partial charge in [0.25, 0.3) is 0 Å². The number of hydrogen-bond acceptors (Lipinski definition) is 1. The maximum absolute atomic E-state index is 3.51. The largest absolute Gasteiger partial charge is 0.289 e. The number of hydrogen-bond donors (Lipinski definition) is 0. The molecule has 1 heteroatoms. The van der Waals surface area contributed by atoms with Crippen molar-refractivity contribution in [2.75, 3.05) is 13.1 Å². The van der Waals surface area contributed by atoms with Crippen molar-refractivity contribution in [1.29, 1.82) is 0 Å². The van der Waals surface area contributed by atoms with Crippen molar-refractivity contribution in [3.8, 4) is 11.8 Å². The zero-order valence-corrected chi connectivity index (χ0v) is 18.4. The molecule has 5 aliphatic carbocycles. The normalized spacial score (nSPS) is 33.7. The average molecular weight is 390 g/mol. The lowest BCUT2D eigenvalue weighted by Gasteiger charge is -2.54. The van der Waals surface area contributed by atoms with E-state index in [2.05, 4.69) is 47.9 Å². The first kappa shape index (κ1) is 19.7. The van der Waals surface area contributed by atoms with E-state index in [0.717, 1.165) is 42.2 Å². The van der Waals surface area contributed by atoms with Gasteiger partial charge >= 0.3 is 0 Å². The van der Waals surface area contributed by atoms with E-state index in [1.54, 1.807) is 12.0 Å². The van der Waals surface area contributed by atoms with Crippen LogP contribution in [0.2, 0.25) is 0 Å². The smallest absolute Gasteiger partial charge is 0.0607 e. The van der Waals surface area contributed by atoms with Crippen molar-refractivity contribution in [2.24, 2.45) is 23.7 Å². The fourth-order valence-electron chi connectivity index (χ4n) is 7.63. The summed E-state index contributed by atoms with van der Waals surface area (Å²) < 4.78 is 0. The molecule has 0 saturated heterocycles. The maximum Gasteiger partial charge on any atom is 0.0607 e. The molecular weight excluding hydrogens is 350 g/mol. The second-order valence-corrected chi connectivity index (χ2v) is 10.6. The van der Waals surface area contributed by atoms with Gasteiger partial charge in [-0.05, 0) is 105 Å². The minimum atomic E-state index is 0.775. The molecule has 156 valence electrons. The molecule has 0 unspecified atom stereocenters. The Morgan fingerprint density at radius 3 is 2.14 bits per heavy atom. The molecule has 5 saturated carbocycles. The monoisotopic (exact) mass is 389 g/mol. The maximum atomic E-state index is 3.51. The molecule has 5 aliphatic rings. The molecule has 6 rings (SSSR count). The van der Waals surface area contributed by atoms with E-state index in [1.807, 2.05) is 0 Å². The molecule has 0 atom stereocenters. The van der Waals surface area contributed by atoms with Gasteiger partial charge in [-0.15, -0.1) is 0 Å². The standard InChI is InChI=1S/C28H39N/c1-2-14-29(27-8-4-3-5-9-27)15-6-7-21-10-12-24(13-11-21)28-25-17-22-16-23(19-25)20-26(28)18-22/h10-13,22-23,25-28H,2-5,8-9,14-20H2,1H3. The van der Waals surface area contributed by atoms with E-state index in [9.17, 15) is 0 Å². The Morgan fingerprint density at radius 1 is 0.862 bits per heavy atom. The Morgan fingerprint density at radius 2 is 1.52 bits per heavy atom. The molecule has 1 aromatic rings. The Hall–Kier alpha value is -1.26. The van der Waals surface area contributed by atoms with Gasteiger partial charge in [-0.1, -0.05) is 50.2 Å². The second-order valence-electron chi connectivity index (χ2n) is 10.6. The van der Waals surface area contributed by atoms with Crippen LogP contribution in [-0.2, 0) is 0 Å². The zero-order valence-electron chi connectivity index (χ0n) is 18.4. The van der Waals surface area contributed by atoms with E-state index < -0.39 is 0 Å². The summed E-state index contributed by atoms with van der Waals surface area (Å²) in [5.74, 6) is 11.9. The molecule has 0 N–H and O–H groups in total. The van der Waals surface area contributed by atoms with Gasteiger partial charge in [-0.2, -0.15) is 0 Å². The van der Waals surface area contributed by atoms with Gasteiger partial charge in [-0.25, -0.2) is 0 Å². The summed E-state index contributed by atoms with van der Waals surface area (Å²) in [6.07, 6.45) is 15.8. The summed E-state index contributed by atoms with van der Waals surface area (Å²) in [7, 11) is 0. The summed E-state index contributed by atoms with van der Waals surface area (Å²) >= 11 is 0. The van der Waals surface area contributed by atoms with E-state index in [4.69, 9.17) is 0 Å². The number of nitrogens with zero attached hydrogens (tertiary/aromatic N) is 1. The van der Waals surface area contributed by atoms with Crippen molar-refractivity contribution in [2.45, 2.75) is 89.5 Å². The first-order chi connectivity index (χ1) is 14.3. The highest BCUT2D eigenvalue weighted by molar-refractivity contribution is 5.38. The van der Waals surface area contributed by atoms with Crippen molar-refractivity contribution in [3.63, 3.8) is 0 Å². The van der Waals surface area contributed by atoms with Crippen LogP contribution < -0.4 is 0 Å². The molecule has 0 radical (unpaired) electrons. The molecule has 1 aromatic carbocycles. The molecular formula is C28H39N. The minimum Gasteiger partial charge on any atom is -0.289 e. The molecule has 0 heterocycles. The Bertz CT molecular complexity index is 702. The summed E-state index contributed by atoms with van der Waals surface area (Å²) in [4.78, 5) is 2.65. The van der Waals surface area contributed by atoms with Gasteiger partial charge in [0.1, 0.15) is 0 Å². The van der Waals surface area contributed by atoms with Gasteiger partial charge in [0.2, 0.25) is 0 Å². The van der Waals surface area contributed by atoms with Crippen molar-refractivity contribution in [1.82, 2.24) is 4.90 Å². The quantitative estimate of drug-likeness (QED) is 0.511. The van der Waals surface area contributed by atoms with Crippen LogP contribution in [-0.4, -0.2) is 24.0 Å². The first-order valence-corrected chi connectivity index (χ1v) is 12.6. The van der Waals surface area contributed by atoms with E-state index >= 15 is 0 Å². The van der Waals surface area contributed by atoms with Gasteiger partial charge in [-0.3, -0.25) is 4.90 Å². The van der Waals surface area contributed by atoms with Gasteiger partial charge in [0, 0.05) is 11.6 Å². The van der Waals surface area contributed by atoms with Crippen LogP contribution in [0.3, 0.4) is 0 Å². The van der Waals surface area contributed by atoms with Crippen LogP contribution in [0.15, 0.2) is 24.3 Å². The second kappa shape index (κ2) is 8.85. The summed E-state index contributed by atoms with van der Waals surface area (Å²) in [5, 5.41) is 0. The van der Waals surface area contributed by atoms with E-state index in [0.29, 0.717) is 0 Å². The minimum absolute atomic E-state index is 0.775.